The zero-order valence-corrected chi connectivity index (χ0v) is 24.7. The molecule has 0 radical (unpaired) electrons. The Kier molecular flexibility index (Phi) is 11.8. The highest BCUT2D eigenvalue weighted by Gasteiger charge is 2.12. The van der Waals surface area contributed by atoms with Crippen molar-refractivity contribution in [2.75, 3.05) is 32.0 Å². The molecule has 0 amide bonds. The Morgan fingerprint density at radius 2 is 0.780 bits per heavy atom. The summed E-state index contributed by atoms with van der Waals surface area (Å²) < 4.78 is 16.5. The molecule has 0 bridgehead atoms. The number of anilines is 4. The van der Waals surface area contributed by atoms with Crippen molar-refractivity contribution in [2.24, 2.45) is 0 Å². The van der Waals surface area contributed by atoms with E-state index >= 15 is 0 Å². The molecule has 0 heterocycles. The third-order valence-electron chi connectivity index (χ3n) is 5.71. The van der Waals surface area contributed by atoms with Gasteiger partial charge in [0.05, 0.1) is 21.3 Å². The molecule has 0 saturated carbocycles. The Labute approximate surface area is 249 Å². The van der Waals surface area contributed by atoms with Crippen LogP contribution in [0.25, 0.3) is 0 Å². The first-order valence-electron chi connectivity index (χ1n) is 12.5. The fourth-order valence-corrected chi connectivity index (χ4v) is 3.82. The van der Waals surface area contributed by atoms with Crippen molar-refractivity contribution in [1.82, 2.24) is 0 Å². The van der Waals surface area contributed by atoms with Crippen molar-refractivity contribution in [1.29, 1.82) is 0 Å². The number of phenolic OH excluding ortho intramolecular Hbond substituents is 2. The molecular weight excluding hydrogens is 584 g/mol. The first-order valence-corrected chi connectivity index (χ1v) is 13.3. The van der Waals surface area contributed by atoms with Gasteiger partial charge in [-0.1, -0.05) is 15.9 Å². The zero-order valence-electron chi connectivity index (χ0n) is 23.1. The number of phenols is 2. The van der Waals surface area contributed by atoms with Crippen molar-refractivity contribution < 1.29 is 24.4 Å². The van der Waals surface area contributed by atoms with E-state index in [4.69, 9.17) is 25.1 Å². The lowest BCUT2D eigenvalue weighted by molar-refractivity contribution is 0.414. The number of rotatable bonds is 6. The second-order valence-corrected chi connectivity index (χ2v) is 9.41. The smallest absolute Gasteiger partial charge is 0.119 e. The molecule has 0 aromatic heterocycles. The van der Waals surface area contributed by atoms with E-state index in [2.05, 4.69) is 20.8 Å². The average Bonchev–Trinajstić information content (AvgIpc) is 3.01. The number of nitrogens with zero attached hydrogens (tertiary/aromatic N) is 1. The molecule has 0 saturated heterocycles. The number of methoxy groups -OCH3 is 3. The lowest BCUT2D eigenvalue weighted by atomic mass is 10.2. The van der Waals surface area contributed by atoms with Crippen LogP contribution in [0.4, 0.5) is 22.7 Å². The first-order chi connectivity index (χ1) is 19.8. The Morgan fingerprint density at radius 3 is 1.10 bits per heavy atom. The fraction of sp³-hybridized carbons (Fsp3) is 0.0909. The molecule has 0 fully saturated rings. The van der Waals surface area contributed by atoms with Crippen LogP contribution in [0.1, 0.15) is 0 Å². The maximum atomic E-state index is 9.56. The van der Waals surface area contributed by atoms with E-state index in [1.54, 1.807) is 57.7 Å². The number of aromatic hydroxyl groups is 2. The summed E-state index contributed by atoms with van der Waals surface area (Å²) in [5, 5.41) is 18.3. The molecular formula is C33H33BrN2O5. The van der Waals surface area contributed by atoms with Gasteiger partial charge in [0.25, 0.3) is 0 Å². The maximum Gasteiger partial charge on any atom is 0.119 e. The molecule has 0 atom stereocenters. The molecule has 41 heavy (non-hydrogen) atoms. The third-order valence-corrected chi connectivity index (χ3v) is 6.24. The van der Waals surface area contributed by atoms with Gasteiger partial charge in [0.15, 0.2) is 0 Å². The topological polar surface area (TPSA) is 97.4 Å². The Morgan fingerprint density at radius 1 is 0.488 bits per heavy atom. The molecule has 0 aliphatic rings. The highest BCUT2D eigenvalue weighted by atomic mass is 79.9. The van der Waals surface area contributed by atoms with Crippen LogP contribution in [0.15, 0.2) is 126 Å². The zero-order chi connectivity index (χ0) is 29.6. The summed E-state index contributed by atoms with van der Waals surface area (Å²) in [5.74, 6) is 2.99. The minimum atomic E-state index is 0.239. The van der Waals surface area contributed by atoms with Gasteiger partial charge in [-0.15, -0.1) is 0 Å². The highest BCUT2D eigenvalue weighted by Crippen LogP contribution is 2.36. The van der Waals surface area contributed by atoms with E-state index in [0.29, 0.717) is 5.69 Å². The molecule has 5 rings (SSSR count). The number of benzene rings is 5. The second-order valence-electron chi connectivity index (χ2n) is 8.50. The Bertz CT molecular complexity index is 1370. The Hall–Kier alpha value is -4.82. The summed E-state index contributed by atoms with van der Waals surface area (Å²) in [7, 11) is 4.95. The van der Waals surface area contributed by atoms with Gasteiger partial charge in [0, 0.05) is 27.2 Å². The van der Waals surface area contributed by atoms with Gasteiger partial charge in [-0.25, -0.2) is 0 Å². The molecule has 4 N–H and O–H groups in total. The summed E-state index contributed by atoms with van der Waals surface area (Å²) in [5.41, 5.74) is 8.92. The van der Waals surface area contributed by atoms with Crippen molar-refractivity contribution in [3.63, 3.8) is 0 Å². The van der Waals surface area contributed by atoms with E-state index in [1.807, 2.05) is 84.9 Å². The van der Waals surface area contributed by atoms with Gasteiger partial charge < -0.3 is 35.1 Å². The molecule has 0 aliphatic carbocycles. The number of hydrogen-bond acceptors (Lipinski definition) is 7. The molecule has 5 aromatic rings. The fourth-order valence-electron chi connectivity index (χ4n) is 3.56. The summed E-state index contributed by atoms with van der Waals surface area (Å²) in [4.78, 5) is 2.10. The second kappa shape index (κ2) is 15.7. The molecule has 0 spiro atoms. The number of ether oxygens (including phenoxy) is 3. The summed E-state index contributed by atoms with van der Waals surface area (Å²) >= 11 is 3.32. The van der Waals surface area contributed by atoms with Crippen molar-refractivity contribution in [3.05, 3.63) is 126 Å². The molecule has 0 unspecified atom stereocenters. The van der Waals surface area contributed by atoms with Crippen LogP contribution >= 0.6 is 15.9 Å². The van der Waals surface area contributed by atoms with Crippen LogP contribution in [0.5, 0.6) is 28.7 Å². The van der Waals surface area contributed by atoms with Crippen LogP contribution in [0, 0.1) is 0 Å². The van der Waals surface area contributed by atoms with Crippen LogP contribution < -0.4 is 24.8 Å². The lowest BCUT2D eigenvalue weighted by Crippen LogP contribution is -2.09. The normalized spacial score (nSPS) is 9.76. The van der Waals surface area contributed by atoms with Gasteiger partial charge in [0.2, 0.25) is 0 Å². The SMILES string of the molecule is COc1ccc(Br)cc1.COc1ccc(N(c2ccc(O)cc2)c2ccc(OC)cc2)cc1.Nc1ccc(O)cc1. The van der Waals surface area contributed by atoms with Crippen molar-refractivity contribution in [2.45, 2.75) is 0 Å². The van der Waals surface area contributed by atoms with E-state index in [-0.39, 0.29) is 11.5 Å². The Balaban J connectivity index is 0.000000221. The average molecular weight is 618 g/mol. The molecule has 5 aromatic carbocycles. The van der Waals surface area contributed by atoms with Crippen LogP contribution in [-0.4, -0.2) is 31.5 Å². The minimum Gasteiger partial charge on any atom is -0.508 e. The van der Waals surface area contributed by atoms with E-state index in [0.717, 1.165) is 38.8 Å². The number of nitrogen functional groups attached to an aromatic ring is 1. The lowest BCUT2D eigenvalue weighted by Gasteiger charge is -2.25. The molecule has 8 heteroatoms. The van der Waals surface area contributed by atoms with Gasteiger partial charge in [-0.2, -0.15) is 0 Å². The van der Waals surface area contributed by atoms with Crippen LogP contribution in [0.2, 0.25) is 0 Å². The van der Waals surface area contributed by atoms with Crippen molar-refractivity contribution >= 4 is 38.7 Å². The predicted molar refractivity (Wildman–Crippen MR) is 169 cm³/mol. The molecule has 0 aliphatic heterocycles. The van der Waals surface area contributed by atoms with E-state index in [9.17, 15) is 5.11 Å². The molecule has 7 nitrogen and oxygen atoms in total. The number of nitrogens with two attached hydrogens (primary N) is 1. The van der Waals surface area contributed by atoms with E-state index < -0.39 is 0 Å². The molecule has 212 valence electrons. The summed E-state index contributed by atoms with van der Waals surface area (Å²) in [6.07, 6.45) is 0. The maximum absolute atomic E-state index is 9.56. The monoisotopic (exact) mass is 616 g/mol. The number of halogens is 1. The minimum absolute atomic E-state index is 0.239. The predicted octanol–water partition coefficient (Wildman–Crippen LogP) is 8.31. The highest BCUT2D eigenvalue weighted by molar-refractivity contribution is 9.10. The summed E-state index contributed by atoms with van der Waals surface area (Å²) in [6, 6.07) is 36.9. The van der Waals surface area contributed by atoms with Gasteiger partial charge in [-0.3, -0.25) is 0 Å². The van der Waals surface area contributed by atoms with Crippen LogP contribution in [-0.2, 0) is 0 Å². The number of hydrogen-bond donors (Lipinski definition) is 3. The third kappa shape index (κ3) is 9.70. The van der Waals surface area contributed by atoms with Gasteiger partial charge in [0.1, 0.15) is 28.7 Å². The standard InChI is InChI=1S/C20H19NO3.C7H7BrO.C6H7NO/c1-23-19-11-5-16(6-12-19)21(15-3-9-18(22)10-4-15)17-7-13-20(24-2)14-8-17;1-9-7-4-2-6(8)3-5-7;7-5-1-3-6(8)4-2-5/h3-14,22H,1-2H3;2-5H,1H3;1-4,8H,7H2. The van der Waals surface area contributed by atoms with Gasteiger partial charge in [-0.05, 0) is 121 Å². The quantitative estimate of drug-likeness (QED) is 0.130. The van der Waals surface area contributed by atoms with Crippen LogP contribution in [0.3, 0.4) is 0 Å². The first kappa shape index (κ1) is 30.7. The summed E-state index contributed by atoms with van der Waals surface area (Å²) in [6.45, 7) is 0. The van der Waals surface area contributed by atoms with Gasteiger partial charge >= 0.3 is 0 Å². The van der Waals surface area contributed by atoms with Crippen molar-refractivity contribution in [3.8, 4) is 28.7 Å². The van der Waals surface area contributed by atoms with E-state index in [1.165, 1.54) is 0 Å². The largest absolute Gasteiger partial charge is 0.508 e.